The van der Waals surface area contributed by atoms with Crippen LogP contribution in [0.2, 0.25) is 18.1 Å². The van der Waals surface area contributed by atoms with Gasteiger partial charge in [-0.15, -0.1) is 6.42 Å². The number of hydrogen-bond donors (Lipinski definition) is 1. The van der Waals surface area contributed by atoms with Gasteiger partial charge in [0.1, 0.15) is 5.60 Å². The number of likely N-dealkylation sites (tertiary alicyclic amines) is 1. The molecular formula is C13H25NO2Si. The first-order valence-corrected chi connectivity index (χ1v) is 9.03. The van der Waals surface area contributed by atoms with Crippen molar-refractivity contribution >= 4 is 8.32 Å². The maximum atomic E-state index is 10.2. The van der Waals surface area contributed by atoms with Gasteiger partial charge in [0.2, 0.25) is 0 Å². The van der Waals surface area contributed by atoms with Crippen molar-refractivity contribution in [2.75, 3.05) is 26.2 Å². The van der Waals surface area contributed by atoms with E-state index in [1.165, 1.54) is 0 Å². The molecule has 1 heterocycles. The van der Waals surface area contributed by atoms with E-state index in [4.69, 9.17) is 10.8 Å². The van der Waals surface area contributed by atoms with E-state index >= 15 is 0 Å². The molecule has 0 spiro atoms. The fourth-order valence-electron chi connectivity index (χ4n) is 1.65. The van der Waals surface area contributed by atoms with Gasteiger partial charge in [0, 0.05) is 13.1 Å². The van der Waals surface area contributed by atoms with Crippen LogP contribution in [0, 0.1) is 12.3 Å². The van der Waals surface area contributed by atoms with Crippen LogP contribution < -0.4 is 0 Å². The molecule has 1 N–H and O–H groups in total. The maximum Gasteiger partial charge on any atom is 0.192 e. The third kappa shape index (κ3) is 3.56. The molecule has 98 valence electrons. The van der Waals surface area contributed by atoms with E-state index in [1.807, 2.05) is 0 Å². The fourth-order valence-corrected chi connectivity index (χ4v) is 2.71. The average Bonchev–Trinajstić information content (AvgIpc) is 2.11. The average molecular weight is 255 g/mol. The molecule has 1 aliphatic heterocycles. The number of terminal acetylenes is 1. The van der Waals surface area contributed by atoms with Crippen LogP contribution in [0.25, 0.3) is 0 Å². The van der Waals surface area contributed by atoms with Gasteiger partial charge in [0.15, 0.2) is 8.32 Å². The second-order valence-corrected chi connectivity index (χ2v) is 11.4. The molecule has 0 unspecified atom stereocenters. The fraction of sp³-hybridized carbons (Fsp3) is 0.846. The molecular weight excluding hydrogens is 230 g/mol. The van der Waals surface area contributed by atoms with Crippen LogP contribution in [0.3, 0.4) is 0 Å². The van der Waals surface area contributed by atoms with Crippen molar-refractivity contribution in [3.8, 4) is 12.3 Å². The lowest BCUT2D eigenvalue weighted by molar-refractivity contribution is -0.117. The Kier molecular flexibility index (Phi) is 4.10. The van der Waals surface area contributed by atoms with Gasteiger partial charge in [-0.3, -0.25) is 4.90 Å². The Morgan fingerprint density at radius 1 is 1.41 bits per heavy atom. The molecule has 0 amide bonds. The minimum Gasteiger partial charge on any atom is -0.414 e. The van der Waals surface area contributed by atoms with E-state index in [0.29, 0.717) is 26.2 Å². The summed E-state index contributed by atoms with van der Waals surface area (Å²) >= 11 is 0. The molecule has 17 heavy (non-hydrogen) atoms. The van der Waals surface area contributed by atoms with Crippen LogP contribution in [0.4, 0.5) is 0 Å². The summed E-state index contributed by atoms with van der Waals surface area (Å²) in [7, 11) is -1.76. The highest BCUT2D eigenvalue weighted by Crippen LogP contribution is 2.37. The van der Waals surface area contributed by atoms with E-state index in [0.717, 1.165) is 0 Å². The quantitative estimate of drug-likeness (QED) is 0.613. The Balaban J connectivity index is 2.41. The van der Waals surface area contributed by atoms with Crippen LogP contribution in [0.15, 0.2) is 0 Å². The molecule has 3 nitrogen and oxygen atoms in total. The number of β-amino-alcohol motifs (C(OH)–C–C–N with tert-alkyl or cyclic N) is 1. The topological polar surface area (TPSA) is 32.7 Å². The summed E-state index contributed by atoms with van der Waals surface area (Å²) in [6.45, 7) is 13.3. The van der Waals surface area contributed by atoms with Crippen LogP contribution in [0.5, 0.6) is 0 Å². The predicted octanol–water partition coefficient (Wildman–Crippen LogP) is 1.69. The molecule has 0 atom stereocenters. The van der Waals surface area contributed by atoms with Crippen LogP contribution in [-0.2, 0) is 4.43 Å². The standard InChI is InChI=1S/C13H25NO2Si/c1-7-8-14-9-13(15,10-14)11-16-17(5,6)12(2,3)4/h1,15H,8-11H2,2-6H3. The summed E-state index contributed by atoms with van der Waals surface area (Å²) in [5.74, 6) is 2.59. The summed E-state index contributed by atoms with van der Waals surface area (Å²) < 4.78 is 6.04. The lowest BCUT2D eigenvalue weighted by Crippen LogP contribution is -2.65. The molecule has 0 aromatic carbocycles. The molecule has 0 aromatic heterocycles. The van der Waals surface area contributed by atoms with E-state index in [-0.39, 0.29) is 5.04 Å². The Bertz CT molecular complexity index is 308. The van der Waals surface area contributed by atoms with E-state index < -0.39 is 13.9 Å². The molecule has 1 saturated heterocycles. The largest absolute Gasteiger partial charge is 0.414 e. The van der Waals surface area contributed by atoms with E-state index in [9.17, 15) is 5.11 Å². The maximum absolute atomic E-state index is 10.2. The highest BCUT2D eigenvalue weighted by Gasteiger charge is 2.44. The molecule has 0 aromatic rings. The van der Waals surface area contributed by atoms with Gasteiger partial charge < -0.3 is 9.53 Å². The third-order valence-corrected chi connectivity index (χ3v) is 8.34. The summed E-state index contributed by atoms with van der Waals surface area (Å²) in [5.41, 5.74) is -0.688. The van der Waals surface area contributed by atoms with Crippen molar-refractivity contribution in [3.63, 3.8) is 0 Å². The molecule has 0 bridgehead atoms. The van der Waals surface area contributed by atoms with Gasteiger partial charge in [-0.05, 0) is 18.1 Å². The zero-order chi connectivity index (χ0) is 13.3. The second-order valence-electron chi connectivity index (χ2n) is 6.62. The normalized spacial score (nSPS) is 20.8. The van der Waals surface area contributed by atoms with Crippen molar-refractivity contribution in [1.29, 1.82) is 0 Å². The molecule has 1 fully saturated rings. The van der Waals surface area contributed by atoms with Crippen molar-refractivity contribution in [2.45, 2.75) is 44.5 Å². The van der Waals surface area contributed by atoms with Gasteiger partial charge in [-0.25, -0.2) is 0 Å². The number of aliphatic hydroxyl groups is 1. The smallest absolute Gasteiger partial charge is 0.192 e. The summed E-state index contributed by atoms with van der Waals surface area (Å²) in [5, 5.41) is 10.4. The van der Waals surface area contributed by atoms with Gasteiger partial charge in [0.05, 0.1) is 13.2 Å². The minimum atomic E-state index is -1.76. The number of rotatable bonds is 4. The zero-order valence-corrected chi connectivity index (χ0v) is 12.7. The molecule has 1 rings (SSSR count). The Morgan fingerprint density at radius 3 is 2.35 bits per heavy atom. The Labute approximate surface area is 106 Å². The van der Waals surface area contributed by atoms with Crippen LogP contribution >= 0.6 is 0 Å². The number of hydrogen-bond acceptors (Lipinski definition) is 3. The predicted molar refractivity (Wildman–Crippen MR) is 73.4 cm³/mol. The summed E-state index contributed by atoms with van der Waals surface area (Å²) in [4.78, 5) is 2.05. The van der Waals surface area contributed by atoms with Crippen molar-refractivity contribution in [2.24, 2.45) is 0 Å². The third-order valence-electron chi connectivity index (χ3n) is 3.86. The first kappa shape index (κ1) is 14.7. The zero-order valence-electron chi connectivity index (χ0n) is 11.7. The minimum absolute atomic E-state index is 0.186. The Hall–Kier alpha value is -0.343. The van der Waals surface area contributed by atoms with Crippen molar-refractivity contribution in [3.05, 3.63) is 0 Å². The summed E-state index contributed by atoms with van der Waals surface area (Å²) in [6.07, 6.45) is 5.23. The van der Waals surface area contributed by atoms with Gasteiger partial charge in [0.25, 0.3) is 0 Å². The molecule has 1 aliphatic rings. The van der Waals surface area contributed by atoms with Crippen molar-refractivity contribution in [1.82, 2.24) is 4.90 Å². The summed E-state index contributed by atoms with van der Waals surface area (Å²) in [6, 6.07) is 0. The molecule has 0 saturated carbocycles. The lowest BCUT2D eigenvalue weighted by atomic mass is 9.96. The highest BCUT2D eigenvalue weighted by atomic mass is 28.4. The second kappa shape index (κ2) is 4.73. The Morgan fingerprint density at radius 2 is 1.94 bits per heavy atom. The first-order valence-electron chi connectivity index (χ1n) is 6.12. The van der Waals surface area contributed by atoms with Gasteiger partial charge in [-0.1, -0.05) is 26.7 Å². The number of nitrogens with zero attached hydrogens (tertiary/aromatic N) is 1. The lowest BCUT2D eigenvalue weighted by Gasteiger charge is -2.47. The van der Waals surface area contributed by atoms with E-state index in [2.05, 4.69) is 44.7 Å². The van der Waals surface area contributed by atoms with Crippen LogP contribution in [0.1, 0.15) is 20.8 Å². The molecule has 4 heteroatoms. The van der Waals surface area contributed by atoms with Crippen LogP contribution in [-0.4, -0.2) is 50.2 Å². The molecule has 0 radical (unpaired) electrons. The first-order chi connectivity index (χ1) is 7.60. The van der Waals surface area contributed by atoms with Gasteiger partial charge in [-0.2, -0.15) is 0 Å². The monoisotopic (exact) mass is 255 g/mol. The van der Waals surface area contributed by atoms with E-state index in [1.54, 1.807) is 0 Å². The van der Waals surface area contributed by atoms with Crippen molar-refractivity contribution < 1.29 is 9.53 Å². The SMILES string of the molecule is C#CCN1CC(O)(CO[Si](C)(C)C(C)(C)C)C1. The highest BCUT2D eigenvalue weighted by molar-refractivity contribution is 6.74. The molecule has 0 aliphatic carbocycles. The van der Waals surface area contributed by atoms with Gasteiger partial charge >= 0.3 is 0 Å².